The molecule has 5 heteroatoms. The van der Waals surface area contributed by atoms with Crippen molar-refractivity contribution in [3.05, 3.63) is 23.8 Å². The lowest BCUT2D eigenvalue weighted by molar-refractivity contribution is 0.0646. The molecular weight excluding hydrogens is 254 g/mol. The molecule has 2 aliphatic rings. The van der Waals surface area contributed by atoms with Crippen molar-refractivity contribution < 1.29 is 9.37 Å². The summed E-state index contributed by atoms with van der Waals surface area (Å²) < 4.78 is 10.5. The Balaban J connectivity index is 1.55. The van der Waals surface area contributed by atoms with E-state index in [1.54, 1.807) is 0 Å². The van der Waals surface area contributed by atoms with Crippen LogP contribution in [0.3, 0.4) is 0 Å². The van der Waals surface area contributed by atoms with E-state index in [4.69, 9.17) is 9.37 Å². The summed E-state index contributed by atoms with van der Waals surface area (Å²) in [4.78, 5) is 2.53. The molecular formula is C15H19N3O2. The zero-order chi connectivity index (χ0) is 13.4. The van der Waals surface area contributed by atoms with Crippen molar-refractivity contribution >= 4 is 11.0 Å². The summed E-state index contributed by atoms with van der Waals surface area (Å²) in [6.07, 6.45) is 3.77. The van der Waals surface area contributed by atoms with Crippen molar-refractivity contribution in [3.8, 4) is 0 Å². The van der Waals surface area contributed by atoms with E-state index in [9.17, 15) is 0 Å². The Bertz CT molecular complexity index is 604. The highest BCUT2D eigenvalue weighted by atomic mass is 16.6. The Morgan fingerprint density at radius 1 is 1.25 bits per heavy atom. The van der Waals surface area contributed by atoms with Gasteiger partial charge in [0.15, 0.2) is 0 Å². The summed E-state index contributed by atoms with van der Waals surface area (Å²) in [5.74, 6) is 0. The van der Waals surface area contributed by atoms with Crippen LogP contribution in [0.4, 0.5) is 0 Å². The monoisotopic (exact) mass is 273 g/mol. The van der Waals surface area contributed by atoms with Crippen molar-refractivity contribution in [2.75, 3.05) is 26.3 Å². The second-order valence-electron chi connectivity index (χ2n) is 6.17. The Morgan fingerprint density at radius 2 is 2.25 bits per heavy atom. The number of likely N-dealkylation sites (tertiary alicyclic amines) is 1. The summed E-state index contributed by atoms with van der Waals surface area (Å²) >= 11 is 0. The van der Waals surface area contributed by atoms with Crippen LogP contribution in [0.5, 0.6) is 0 Å². The van der Waals surface area contributed by atoms with Gasteiger partial charge in [0.2, 0.25) is 0 Å². The van der Waals surface area contributed by atoms with Crippen LogP contribution >= 0.6 is 0 Å². The van der Waals surface area contributed by atoms with E-state index in [2.05, 4.69) is 21.3 Å². The molecule has 0 aliphatic carbocycles. The number of hydrogen-bond acceptors (Lipinski definition) is 5. The first-order chi connectivity index (χ1) is 9.85. The quantitative estimate of drug-likeness (QED) is 0.839. The fourth-order valence-electron chi connectivity index (χ4n) is 3.65. The largest absolute Gasteiger partial charge is 0.381 e. The molecule has 0 saturated carbocycles. The van der Waals surface area contributed by atoms with E-state index < -0.39 is 0 Å². The van der Waals surface area contributed by atoms with Gasteiger partial charge < -0.3 is 4.74 Å². The number of rotatable bonds is 2. The lowest BCUT2D eigenvalue weighted by Gasteiger charge is -2.39. The Hall–Kier alpha value is -1.46. The summed E-state index contributed by atoms with van der Waals surface area (Å²) in [5.41, 5.74) is 3.35. The van der Waals surface area contributed by atoms with Gasteiger partial charge in [0, 0.05) is 25.1 Å². The van der Waals surface area contributed by atoms with Crippen molar-refractivity contribution in [1.29, 1.82) is 0 Å². The van der Waals surface area contributed by atoms with Crippen LogP contribution in [0.2, 0.25) is 0 Å². The van der Waals surface area contributed by atoms with Crippen LogP contribution in [0.25, 0.3) is 11.0 Å². The van der Waals surface area contributed by atoms with E-state index in [1.807, 2.05) is 12.1 Å². The third kappa shape index (κ3) is 2.11. The smallest absolute Gasteiger partial charge is 0.139 e. The number of fused-ring (bicyclic) bond motifs is 1. The summed E-state index contributed by atoms with van der Waals surface area (Å²) in [6, 6.07) is 6.09. The van der Waals surface area contributed by atoms with Crippen LogP contribution in [-0.4, -0.2) is 41.5 Å². The van der Waals surface area contributed by atoms with E-state index in [0.717, 1.165) is 43.9 Å². The van der Waals surface area contributed by atoms with Gasteiger partial charge in [0.1, 0.15) is 11.0 Å². The zero-order valence-electron chi connectivity index (χ0n) is 11.5. The first kappa shape index (κ1) is 12.3. The Kier molecular flexibility index (Phi) is 2.97. The van der Waals surface area contributed by atoms with Gasteiger partial charge in [0.25, 0.3) is 0 Å². The standard InChI is InChI=1S/C15H19N3O2/c1-3-12(14-13(4-1)16-20-17-14)9-18-7-2-5-15(10-18)6-8-19-11-15/h1,3-4H,2,5-11H2/t15-/m0/s1. The maximum atomic E-state index is 5.63. The predicted molar refractivity (Wildman–Crippen MR) is 74.2 cm³/mol. The molecule has 3 heterocycles. The molecule has 0 amide bonds. The molecule has 1 aromatic carbocycles. The third-order valence-electron chi connectivity index (χ3n) is 4.69. The maximum Gasteiger partial charge on any atom is 0.139 e. The zero-order valence-corrected chi connectivity index (χ0v) is 11.5. The Morgan fingerprint density at radius 3 is 3.15 bits per heavy atom. The van der Waals surface area contributed by atoms with Gasteiger partial charge >= 0.3 is 0 Å². The normalized spacial score (nSPS) is 27.6. The van der Waals surface area contributed by atoms with Crippen LogP contribution in [0, 0.1) is 5.41 Å². The van der Waals surface area contributed by atoms with Crippen molar-refractivity contribution in [1.82, 2.24) is 15.2 Å². The van der Waals surface area contributed by atoms with E-state index in [0.29, 0.717) is 5.41 Å². The van der Waals surface area contributed by atoms with Crippen LogP contribution in [-0.2, 0) is 11.3 Å². The van der Waals surface area contributed by atoms with Gasteiger partial charge in [0.05, 0.1) is 6.61 Å². The lowest BCUT2D eigenvalue weighted by atomic mass is 9.79. The van der Waals surface area contributed by atoms with Crippen LogP contribution in [0.15, 0.2) is 22.8 Å². The van der Waals surface area contributed by atoms with Crippen molar-refractivity contribution in [2.45, 2.75) is 25.8 Å². The van der Waals surface area contributed by atoms with Gasteiger partial charge in [-0.05, 0) is 47.8 Å². The highest BCUT2D eigenvalue weighted by Gasteiger charge is 2.38. The minimum absolute atomic E-state index is 0.397. The molecule has 0 unspecified atom stereocenters. The van der Waals surface area contributed by atoms with Gasteiger partial charge in [-0.1, -0.05) is 12.1 Å². The van der Waals surface area contributed by atoms with Gasteiger partial charge in [-0.3, -0.25) is 4.90 Å². The second kappa shape index (κ2) is 4.82. The molecule has 2 saturated heterocycles. The number of nitrogens with zero attached hydrogens (tertiary/aromatic N) is 3. The van der Waals surface area contributed by atoms with E-state index >= 15 is 0 Å². The molecule has 2 aromatic rings. The van der Waals surface area contributed by atoms with Gasteiger partial charge in [-0.2, -0.15) is 0 Å². The number of ether oxygens (including phenoxy) is 1. The summed E-state index contributed by atoms with van der Waals surface area (Å²) in [7, 11) is 0. The fraction of sp³-hybridized carbons (Fsp3) is 0.600. The molecule has 0 bridgehead atoms. The minimum atomic E-state index is 0.397. The Labute approximate surface area is 117 Å². The number of benzene rings is 1. The van der Waals surface area contributed by atoms with Gasteiger partial charge in [-0.15, -0.1) is 0 Å². The number of aromatic nitrogens is 2. The summed E-state index contributed by atoms with van der Waals surface area (Å²) in [5, 5.41) is 7.95. The number of hydrogen-bond donors (Lipinski definition) is 0. The first-order valence-corrected chi connectivity index (χ1v) is 7.35. The first-order valence-electron chi connectivity index (χ1n) is 7.35. The summed E-state index contributed by atoms with van der Waals surface area (Å²) in [6.45, 7) is 5.07. The van der Waals surface area contributed by atoms with Crippen LogP contribution in [0.1, 0.15) is 24.8 Å². The molecule has 0 radical (unpaired) electrons. The molecule has 106 valence electrons. The molecule has 1 spiro atoms. The molecule has 5 nitrogen and oxygen atoms in total. The fourth-order valence-corrected chi connectivity index (χ4v) is 3.65. The molecule has 4 rings (SSSR count). The minimum Gasteiger partial charge on any atom is -0.381 e. The predicted octanol–water partition coefficient (Wildman–Crippen LogP) is 2.23. The van der Waals surface area contributed by atoms with E-state index in [-0.39, 0.29) is 0 Å². The SMILES string of the molecule is c1cc(CN2CCC[C@]3(CCOC3)C2)c2nonc2c1. The van der Waals surface area contributed by atoms with E-state index in [1.165, 1.54) is 24.8 Å². The van der Waals surface area contributed by atoms with Crippen molar-refractivity contribution in [2.24, 2.45) is 5.41 Å². The molecule has 1 aromatic heterocycles. The van der Waals surface area contributed by atoms with Gasteiger partial charge in [-0.25, -0.2) is 4.63 Å². The van der Waals surface area contributed by atoms with Crippen molar-refractivity contribution in [3.63, 3.8) is 0 Å². The maximum absolute atomic E-state index is 5.63. The third-order valence-corrected chi connectivity index (χ3v) is 4.69. The second-order valence-corrected chi connectivity index (χ2v) is 6.17. The molecule has 20 heavy (non-hydrogen) atoms. The lowest BCUT2D eigenvalue weighted by Crippen LogP contribution is -2.43. The highest BCUT2D eigenvalue weighted by molar-refractivity contribution is 5.76. The topological polar surface area (TPSA) is 51.4 Å². The molecule has 2 fully saturated rings. The molecule has 2 aliphatic heterocycles. The average molecular weight is 273 g/mol. The average Bonchev–Trinajstić information content (AvgIpc) is 3.09. The number of piperidine rings is 1. The van der Waals surface area contributed by atoms with Crippen LogP contribution < -0.4 is 0 Å². The molecule has 1 atom stereocenters. The molecule has 0 N–H and O–H groups in total. The highest BCUT2D eigenvalue weighted by Crippen LogP contribution is 2.38.